The van der Waals surface area contributed by atoms with Crippen molar-refractivity contribution in [1.29, 1.82) is 0 Å². The van der Waals surface area contributed by atoms with Gasteiger partial charge in [-0.2, -0.15) is 0 Å². The lowest BCUT2D eigenvalue weighted by molar-refractivity contribution is 0.0950. The van der Waals surface area contributed by atoms with Gasteiger partial charge in [-0.1, -0.05) is 35.1 Å². The van der Waals surface area contributed by atoms with Crippen LogP contribution in [0.2, 0.25) is 5.02 Å². The first-order valence-corrected chi connectivity index (χ1v) is 11.3. The molecule has 0 saturated heterocycles. The first-order valence-electron chi connectivity index (χ1n) is 10.1. The van der Waals surface area contributed by atoms with Crippen molar-refractivity contribution in [1.82, 2.24) is 15.5 Å². The zero-order chi connectivity index (χ0) is 23.9. The molecule has 7 nitrogen and oxygen atoms in total. The van der Waals surface area contributed by atoms with Crippen molar-refractivity contribution in [2.75, 3.05) is 5.32 Å². The number of nitrogens with zero attached hydrogens (tertiary/aromatic N) is 2. The number of hydrogen-bond donors (Lipinski definition) is 2. The molecule has 0 radical (unpaired) electrons. The minimum atomic E-state index is -0.413. The molecule has 1 aromatic heterocycles. The predicted molar refractivity (Wildman–Crippen MR) is 128 cm³/mol. The van der Waals surface area contributed by atoms with Crippen LogP contribution in [0, 0.1) is 5.82 Å². The van der Waals surface area contributed by atoms with Crippen LogP contribution in [0.3, 0.4) is 0 Å². The second-order valence-corrected chi connectivity index (χ2v) is 8.58. The first-order chi connectivity index (χ1) is 16.5. The number of nitrogens with one attached hydrogen (secondary N) is 2. The molecule has 2 N–H and O–H groups in total. The van der Waals surface area contributed by atoms with E-state index in [2.05, 4.69) is 20.8 Å². The smallest absolute Gasteiger partial charge is 0.286 e. The van der Waals surface area contributed by atoms with Crippen LogP contribution in [0.25, 0.3) is 0 Å². The van der Waals surface area contributed by atoms with Gasteiger partial charge in [-0.25, -0.2) is 4.39 Å². The van der Waals surface area contributed by atoms with Crippen LogP contribution in [0.4, 0.5) is 10.1 Å². The van der Waals surface area contributed by atoms with Gasteiger partial charge in [0.2, 0.25) is 5.01 Å². The molecule has 4 aromatic rings. The van der Waals surface area contributed by atoms with Crippen LogP contribution in [-0.4, -0.2) is 22.0 Å². The van der Waals surface area contributed by atoms with Gasteiger partial charge >= 0.3 is 0 Å². The Kier molecular flexibility index (Phi) is 7.46. The first kappa shape index (κ1) is 23.3. The zero-order valence-corrected chi connectivity index (χ0v) is 19.2. The molecule has 0 saturated carbocycles. The minimum absolute atomic E-state index is 0.175. The summed E-state index contributed by atoms with van der Waals surface area (Å²) in [6, 6.07) is 19.3. The Morgan fingerprint density at radius 3 is 2.32 bits per heavy atom. The lowest BCUT2D eigenvalue weighted by Crippen LogP contribution is -2.22. The molecule has 4 rings (SSSR count). The monoisotopic (exact) mass is 496 g/mol. The molecule has 2 amide bonds. The van der Waals surface area contributed by atoms with Gasteiger partial charge in [0.25, 0.3) is 11.8 Å². The Labute approximate surface area is 203 Å². The molecule has 0 unspecified atom stereocenters. The SMILES string of the molecule is O=C(NCc1ccc(F)cc1)c1ccc(NC(=O)c2nnc(COc3ccc(Cl)cc3)s2)cc1. The summed E-state index contributed by atoms with van der Waals surface area (Å²) in [6.45, 7) is 0.451. The molecular weight excluding hydrogens is 479 g/mol. The van der Waals surface area contributed by atoms with Crippen molar-refractivity contribution in [2.45, 2.75) is 13.2 Å². The van der Waals surface area contributed by atoms with Crippen molar-refractivity contribution in [3.63, 3.8) is 0 Å². The van der Waals surface area contributed by atoms with E-state index in [1.165, 1.54) is 12.1 Å². The summed E-state index contributed by atoms with van der Waals surface area (Å²) in [5.74, 6) is -0.392. The Balaban J connectivity index is 1.28. The zero-order valence-electron chi connectivity index (χ0n) is 17.6. The van der Waals surface area contributed by atoms with Crippen LogP contribution in [-0.2, 0) is 13.2 Å². The molecular formula is C24H18ClFN4O3S. The van der Waals surface area contributed by atoms with Crippen LogP contribution < -0.4 is 15.4 Å². The lowest BCUT2D eigenvalue weighted by atomic mass is 10.1. The molecule has 0 aliphatic carbocycles. The third-order valence-electron chi connectivity index (χ3n) is 4.61. The largest absolute Gasteiger partial charge is 0.486 e. The molecule has 10 heteroatoms. The average Bonchev–Trinajstić information content (AvgIpc) is 3.33. The highest BCUT2D eigenvalue weighted by molar-refractivity contribution is 7.13. The van der Waals surface area contributed by atoms with Gasteiger partial charge in [0.1, 0.15) is 18.2 Å². The molecule has 0 spiro atoms. The van der Waals surface area contributed by atoms with Gasteiger partial charge in [0.15, 0.2) is 5.01 Å². The number of carbonyl (C=O) groups excluding carboxylic acids is 2. The van der Waals surface area contributed by atoms with Gasteiger partial charge in [-0.15, -0.1) is 10.2 Å². The Bertz CT molecular complexity index is 1280. The van der Waals surface area contributed by atoms with Gasteiger partial charge in [0.05, 0.1) is 0 Å². The van der Waals surface area contributed by atoms with E-state index in [1.807, 2.05) is 0 Å². The van der Waals surface area contributed by atoms with Gasteiger partial charge in [-0.05, 0) is 66.2 Å². The molecule has 172 valence electrons. The predicted octanol–water partition coefficient (Wildman–Crippen LogP) is 5.09. The van der Waals surface area contributed by atoms with Crippen molar-refractivity contribution in [3.05, 3.63) is 105 Å². The summed E-state index contributed by atoms with van der Waals surface area (Å²) in [5, 5.41) is 14.7. The summed E-state index contributed by atoms with van der Waals surface area (Å²) in [5.41, 5.74) is 1.72. The fraction of sp³-hybridized carbons (Fsp3) is 0.0833. The highest BCUT2D eigenvalue weighted by Gasteiger charge is 2.14. The second-order valence-electron chi connectivity index (χ2n) is 7.08. The number of hydrogen-bond acceptors (Lipinski definition) is 6. The van der Waals surface area contributed by atoms with Crippen molar-refractivity contribution >= 4 is 40.4 Å². The Morgan fingerprint density at radius 2 is 1.62 bits per heavy atom. The number of halogens is 2. The number of benzene rings is 3. The fourth-order valence-electron chi connectivity index (χ4n) is 2.86. The molecule has 1 heterocycles. The average molecular weight is 497 g/mol. The van der Waals surface area contributed by atoms with Crippen LogP contribution >= 0.6 is 22.9 Å². The molecule has 0 aliphatic heterocycles. The summed E-state index contributed by atoms with van der Waals surface area (Å²) in [4.78, 5) is 24.8. The third-order valence-corrected chi connectivity index (χ3v) is 5.76. The molecule has 34 heavy (non-hydrogen) atoms. The van der Waals surface area contributed by atoms with E-state index in [0.717, 1.165) is 16.9 Å². The lowest BCUT2D eigenvalue weighted by Gasteiger charge is -2.07. The molecule has 0 aliphatic rings. The van der Waals surface area contributed by atoms with Crippen molar-refractivity contribution in [3.8, 4) is 5.75 Å². The third kappa shape index (κ3) is 6.37. The quantitative estimate of drug-likeness (QED) is 0.354. The van der Waals surface area contributed by atoms with E-state index in [1.54, 1.807) is 60.7 Å². The summed E-state index contributed by atoms with van der Waals surface area (Å²) in [6.07, 6.45) is 0. The van der Waals surface area contributed by atoms with Crippen LogP contribution in [0.15, 0.2) is 72.8 Å². The van der Waals surface area contributed by atoms with Crippen molar-refractivity contribution in [2.24, 2.45) is 0 Å². The fourth-order valence-corrected chi connectivity index (χ4v) is 3.63. The van der Waals surface area contributed by atoms with E-state index in [0.29, 0.717) is 27.0 Å². The standard InChI is InChI=1S/C24H18ClFN4O3S/c25-17-5-11-20(12-6-17)33-14-21-29-30-24(34-21)23(32)28-19-9-3-16(4-10-19)22(31)27-13-15-1-7-18(26)8-2-15/h1-12H,13-14H2,(H,27,31)(H,28,32). The van der Waals surface area contributed by atoms with E-state index >= 15 is 0 Å². The number of ether oxygens (including phenoxy) is 1. The minimum Gasteiger partial charge on any atom is -0.486 e. The van der Waals surface area contributed by atoms with E-state index in [9.17, 15) is 14.0 Å². The topological polar surface area (TPSA) is 93.2 Å². The Hall–Kier alpha value is -3.82. The van der Waals surface area contributed by atoms with Crippen LogP contribution in [0.1, 0.15) is 30.7 Å². The summed E-state index contributed by atoms with van der Waals surface area (Å²) >= 11 is 6.97. The van der Waals surface area contributed by atoms with Gasteiger partial charge in [0, 0.05) is 22.8 Å². The maximum atomic E-state index is 13.0. The second kappa shape index (κ2) is 10.9. The van der Waals surface area contributed by atoms with E-state index < -0.39 is 5.91 Å². The van der Waals surface area contributed by atoms with E-state index in [4.69, 9.17) is 16.3 Å². The normalized spacial score (nSPS) is 10.5. The van der Waals surface area contributed by atoms with E-state index in [-0.39, 0.29) is 29.9 Å². The van der Waals surface area contributed by atoms with Gasteiger partial charge in [-0.3, -0.25) is 9.59 Å². The number of rotatable bonds is 8. The number of amides is 2. The van der Waals surface area contributed by atoms with Gasteiger partial charge < -0.3 is 15.4 Å². The number of aromatic nitrogens is 2. The summed E-state index contributed by atoms with van der Waals surface area (Å²) in [7, 11) is 0. The maximum absolute atomic E-state index is 13.0. The molecule has 0 atom stereocenters. The maximum Gasteiger partial charge on any atom is 0.286 e. The molecule has 0 fully saturated rings. The summed E-state index contributed by atoms with van der Waals surface area (Å²) < 4.78 is 18.6. The van der Waals surface area contributed by atoms with Crippen LogP contribution in [0.5, 0.6) is 5.75 Å². The highest BCUT2D eigenvalue weighted by Crippen LogP contribution is 2.19. The number of carbonyl (C=O) groups is 2. The molecule has 0 bridgehead atoms. The van der Waals surface area contributed by atoms with Crippen molar-refractivity contribution < 1.29 is 18.7 Å². The Morgan fingerprint density at radius 1 is 0.912 bits per heavy atom. The highest BCUT2D eigenvalue weighted by atomic mass is 35.5. The number of anilines is 1. The molecule has 3 aromatic carbocycles.